The Morgan fingerprint density at radius 2 is 2.00 bits per heavy atom. The summed E-state index contributed by atoms with van der Waals surface area (Å²) in [6, 6.07) is 5.91. The Bertz CT molecular complexity index is 590. The molecule has 22 heavy (non-hydrogen) atoms. The first-order valence-corrected chi connectivity index (χ1v) is 7.12. The summed E-state index contributed by atoms with van der Waals surface area (Å²) in [5, 5.41) is 9.10. The highest BCUT2D eigenvalue weighted by Crippen LogP contribution is 2.51. The van der Waals surface area contributed by atoms with Gasteiger partial charge in [0, 0.05) is 0 Å². The van der Waals surface area contributed by atoms with Gasteiger partial charge in [-0.2, -0.15) is 0 Å². The van der Waals surface area contributed by atoms with E-state index in [1.165, 1.54) is 17.0 Å². The molecule has 1 saturated carbocycles. The van der Waals surface area contributed by atoms with E-state index in [4.69, 9.17) is 9.84 Å². The molecule has 1 amide bonds. The zero-order chi connectivity index (χ0) is 16.5. The summed E-state index contributed by atoms with van der Waals surface area (Å²) in [6.07, 6.45) is 0.475. The van der Waals surface area contributed by atoms with E-state index in [9.17, 15) is 14.0 Å². The molecular formula is C16H20FNO4. The summed E-state index contributed by atoms with van der Waals surface area (Å²) in [7, 11) is 0. The molecule has 1 N–H and O–H groups in total. The fourth-order valence-corrected chi connectivity index (χ4v) is 2.45. The minimum Gasteiger partial charge on any atom is -0.480 e. The van der Waals surface area contributed by atoms with E-state index in [2.05, 4.69) is 0 Å². The first-order valence-electron chi connectivity index (χ1n) is 7.12. The van der Waals surface area contributed by atoms with Crippen LogP contribution in [0.1, 0.15) is 39.2 Å². The van der Waals surface area contributed by atoms with Crippen molar-refractivity contribution < 1.29 is 23.8 Å². The highest BCUT2D eigenvalue weighted by atomic mass is 19.1. The monoisotopic (exact) mass is 309 g/mol. The molecule has 0 saturated heterocycles. The van der Waals surface area contributed by atoms with Crippen molar-refractivity contribution in [3.05, 3.63) is 35.6 Å². The number of carbonyl (C=O) groups is 2. The number of halogens is 1. The van der Waals surface area contributed by atoms with Gasteiger partial charge in [-0.3, -0.25) is 9.69 Å². The number of benzene rings is 1. The molecule has 1 fully saturated rings. The van der Waals surface area contributed by atoms with Gasteiger partial charge in [-0.15, -0.1) is 0 Å². The first-order chi connectivity index (χ1) is 10.1. The summed E-state index contributed by atoms with van der Waals surface area (Å²) in [5.74, 6) is -1.54. The van der Waals surface area contributed by atoms with Crippen LogP contribution in [-0.2, 0) is 15.1 Å². The van der Waals surface area contributed by atoms with Crippen LogP contribution >= 0.6 is 0 Å². The van der Waals surface area contributed by atoms with Crippen molar-refractivity contribution in [1.82, 2.24) is 4.90 Å². The van der Waals surface area contributed by atoms with Crippen molar-refractivity contribution in [3.8, 4) is 0 Å². The predicted octanol–water partition coefficient (Wildman–Crippen LogP) is 3.14. The molecule has 1 aliphatic rings. The van der Waals surface area contributed by atoms with Gasteiger partial charge in [0.2, 0.25) is 0 Å². The van der Waals surface area contributed by atoms with E-state index >= 15 is 0 Å². The molecule has 120 valence electrons. The molecule has 0 atom stereocenters. The third-order valence-corrected chi connectivity index (χ3v) is 3.51. The zero-order valence-electron chi connectivity index (χ0n) is 12.9. The van der Waals surface area contributed by atoms with E-state index in [0.29, 0.717) is 18.4 Å². The van der Waals surface area contributed by atoms with E-state index < -0.39 is 35.6 Å². The molecule has 6 heteroatoms. The zero-order valence-corrected chi connectivity index (χ0v) is 12.9. The molecule has 2 rings (SSSR count). The van der Waals surface area contributed by atoms with Crippen LogP contribution in [0.15, 0.2) is 24.3 Å². The Kier molecular flexibility index (Phi) is 4.13. The van der Waals surface area contributed by atoms with Gasteiger partial charge in [0.25, 0.3) is 0 Å². The fraction of sp³-hybridized carbons (Fsp3) is 0.500. The highest BCUT2D eigenvalue weighted by Gasteiger charge is 2.53. The highest BCUT2D eigenvalue weighted by molar-refractivity contribution is 5.78. The van der Waals surface area contributed by atoms with Crippen LogP contribution in [0.3, 0.4) is 0 Å². The molecule has 0 aliphatic heterocycles. The minimum absolute atomic E-state index is 0.414. The number of carboxylic acid groups (broad SMARTS) is 1. The minimum atomic E-state index is -1.13. The first kappa shape index (κ1) is 16.3. The lowest BCUT2D eigenvalue weighted by atomic mass is 10.0. The maximum absolute atomic E-state index is 13.5. The number of ether oxygens (including phenoxy) is 1. The van der Waals surface area contributed by atoms with Crippen molar-refractivity contribution in [1.29, 1.82) is 0 Å². The number of carbonyl (C=O) groups excluding carboxylic acids is 1. The van der Waals surface area contributed by atoms with Crippen LogP contribution in [0.2, 0.25) is 0 Å². The Balaban J connectivity index is 2.33. The fourth-order valence-electron chi connectivity index (χ4n) is 2.45. The summed E-state index contributed by atoms with van der Waals surface area (Å²) in [6.45, 7) is 4.66. The number of hydrogen-bond donors (Lipinski definition) is 1. The maximum Gasteiger partial charge on any atom is 0.411 e. The lowest BCUT2D eigenvalue weighted by Gasteiger charge is -2.33. The van der Waals surface area contributed by atoms with Gasteiger partial charge in [0.15, 0.2) is 0 Å². The van der Waals surface area contributed by atoms with Crippen LogP contribution in [0.5, 0.6) is 0 Å². The van der Waals surface area contributed by atoms with Crippen molar-refractivity contribution in [3.63, 3.8) is 0 Å². The molecule has 0 bridgehead atoms. The smallest absolute Gasteiger partial charge is 0.411 e. The van der Waals surface area contributed by atoms with Crippen LogP contribution < -0.4 is 0 Å². The topological polar surface area (TPSA) is 66.8 Å². The van der Waals surface area contributed by atoms with Crippen molar-refractivity contribution in [2.75, 3.05) is 6.54 Å². The maximum atomic E-state index is 13.5. The molecule has 0 unspecified atom stereocenters. The second kappa shape index (κ2) is 5.59. The van der Waals surface area contributed by atoms with Gasteiger partial charge in [-0.25, -0.2) is 9.18 Å². The molecular weight excluding hydrogens is 289 g/mol. The van der Waals surface area contributed by atoms with Crippen molar-refractivity contribution >= 4 is 12.1 Å². The lowest BCUT2D eigenvalue weighted by molar-refractivity contribution is -0.139. The van der Waals surface area contributed by atoms with Crippen LogP contribution in [0, 0.1) is 5.82 Å². The van der Waals surface area contributed by atoms with E-state index in [-0.39, 0.29) is 0 Å². The predicted molar refractivity (Wildman–Crippen MR) is 77.9 cm³/mol. The SMILES string of the molecule is CC(C)(C)OC(=O)N(CC(=O)O)C1(c2cccc(F)c2)CC1. The second-order valence-electron chi connectivity index (χ2n) is 6.50. The molecule has 0 aromatic heterocycles. The lowest BCUT2D eigenvalue weighted by Crippen LogP contribution is -2.46. The van der Waals surface area contributed by atoms with Gasteiger partial charge in [-0.05, 0) is 51.3 Å². The van der Waals surface area contributed by atoms with Crippen LogP contribution in [0.4, 0.5) is 9.18 Å². The Labute approximate surface area is 128 Å². The molecule has 5 nitrogen and oxygen atoms in total. The van der Waals surface area contributed by atoms with Gasteiger partial charge in [-0.1, -0.05) is 12.1 Å². The quantitative estimate of drug-likeness (QED) is 0.928. The van der Waals surface area contributed by atoms with Crippen LogP contribution in [0.25, 0.3) is 0 Å². The third-order valence-electron chi connectivity index (χ3n) is 3.51. The average molecular weight is 309 g/mol. The van der Waals surface area contributed by atoms with Crippen molar-refractivity contribution in [2.24, 2.45) is 0 Å². The number of amides is 1. The molecule has 0 spiro atoms. The van der Waals surface area contributed by atoms with E-state index in [1.54, 1.807) is 32.9 Å². The third kappa shape index (κ3) is 3.55. The Morgan fingerprint density at radius 1 is 1.36 bits per heavy atom. The van der Waals surface area contributed by atoms with Crippen molar-refractivity contribution in [2.45, 2.75) is 44.8 Å². The molecule has 1 aliphatic carbocycles. The van der Waals surface area contributed by atoms with Gasteiger partial charge in [0.05, 0.1) is 5.54 Å². The summed E-state index contributed by atoms with van der Waals surface area (Å²) in [5.41, 5.74) is -0.922. The summed E-state index contributed by atoms with van der Waals surface area (Å²) < 4.78 is 18.8. The van der Waals surface area contributed by atoms with Gasteiger partial charge >= 0.3 is 12.1 Å². The molecule has 1 aromatic carbocycles. The van der Waals surface area contributed by atoms with E-state index in [1.807, 2.05) is 0 Å². The summed E-state index contributed by atoms with van der Waals surface area (Å²) >= 11 is 0. The largest absolute Gasteiger partial charge is 0.480 e. The number of rotatable bonds is 4. The molecule has 0 radical (unpaired) electrons. The van der Waals surface area contributed by atoms with Crippen LogP contribution in [-0.4, -0.2) is 34.2 Å². The Morgan fingerprint density at radius 3 is 2.45 bits per heavy atom. The van der Waals surface area contributed by atoms with Gasteiger partial charge in [0.1, 0.15) is 18.0 Å². The number of carboxylic acids is 1. The second-order valence-corrected chi connectivity index (χ2v) is 6.50. The number of hydrogen-bond acceptors (Lipinski definition) is 3. The number of aliphatic carboxylic acids is 1. The van der Waals surface area contributed by atoms with Gasteiger partial charge < -0.3 is 9.84 Å². The molecule has 0 heterocycles. The Hall–Kier alpha value is -2.11. The van der Waals surface area contributed by atoms with E-state index in [0.717, 1.165) is 0 Å². The molecule has 1 aromatic rings. The standard InChI is InChI=1S/C16H20FNO4/c1-15(2,3)22-14(21)18(10-13(19)20)16(7-8-16)11-5-4-6-12(17)9-11/h4-6,9H,7-8,10H2,1-3H3,(H,19,20). The number of nitrogens with zero attached hydrogens (tertiary/aromatic N) is 1. The average Bonchev–Trinajstić information content (AvgIpc) is 3.15. The summed E-state index contributed by atoms with van der Waals surface area (Å²) in [4.78, 5) is 24.7. The normalized spacial score (nSPS) is 16.0.